The Morgan fingerprint density at radius 3 is 3.11 bits per heavy atom. The topological polar surface area (TPSA) is 34.1 Å². The number of rotatable bonds is 4. The van der Waals surface area contributed by atoms with Gasteiger partial charge in [-0.2, -0.15) is 0 Å². The molecule has 1 aromatic heterocycles. The number of hydrogen-bond acceptors (Lipinski definition) is 3. The van der Waals surface area contributed by atoms with E-state index in [0.29, 0.717) is 0 Å². The molecule has 2 heterocycles. The molecule has 1 unspecified atom stereocenters. The Morgan fingerprint density at radius 1 is 1.26 bits per heavy atom. The lowest BCUT2D eigenvalue weighted by molar-refractivity contribution is 0.256. The highest BCUT2D eigenvalue weighted by molar-refractivity contribution is 5.84. The molecule has 3 rings (SSSR count). The number of hydrogen-bond donors (Lipinski definition) is 1. The van der Waals surface area contributed by atoms with E-state index in [9.17, 15) is 0 Å². The predicted octanol–water partition coefficient (Wildman–Crippen LogP) is 3.00. The van der Waals surface area contributed by atoms with Crippen LogP contribution in [-0.4, -0.2) is 24.7 Å². The summed E-state index contributed by atoms with van der Waals surface area (Å²) < 4.78 is 5.95. The summed E-state index contributed by atoms with van der Waals surface area (Å²) in [4.78, 5) is 4.35. The van der Waals surface area contributed by atoms with Crippen molar-refractivity contribution in [2.24, 2.45) is 5.92 Å². The first-order valence-electron chi connectivity index (χ1n) is 7.11. The zero-order valence-electron chi connectivity index (χ0n) is 11.1. The van der Waals surface area contributed by atoms with Crippen molar-refractivity contribution in [3.63, 3.8) is 0 Å². The predicted molar refractivity (Wildman–Crippen MR) is 77.4 cm³/mol. The maximum Gasteiger partial charge on any atom is 0.130 e. The van der Waals surface area contributed by atoms with E-state index in [2.05, 4.69) is 16.4 Å². The molecule has 2 aromatic rings. The van der Waals surface area contributed by atoms with Crippen LogP contribution in [0.3, 0.4) is 0 Å². The second-order valence-corrected chi connectivity index (χ2v) is 5.18. The molecular formula is C16H20N2O. The quantitative estimate of drug-likeness (QED) is 0.913. The van der Waals surface area contributed by atoms with Crippen molar-refractivity contribution >= 4 is 10.9 Å². The summed E-state index contributed by atoms with van der Waals surface area (Å²) in [5.41, 5.74) is 0.999. The fraction of sp³-hybridized carbons (Fsp3) is 0.438. The number of benzene rings is 1. The molecule has 1 N–H and O–H groups in total. The third-order valence-corrected chi connectivity index (χ3v) is 3.79. The lowest BCUT2D eigenvalue weighted by atomic mass is 9.97. The van der Waals surface area contributed by atoms with Gasteiger partial charge >= 0.3 is 0 Å². The Labute approximate surface area is 114 Å². The number of nitrogens with one attached hydrogen (secondary N) is 1. The molecule has 0 spiro atoms. The van der Waals surface area contributed by atoms with Crippen molar-refractivity contribution in [3.05, 3.63) is 36.5 Å². The van der Waals surface area contributed by atoms with E-state index in [0.717, 1.165) is 42.1 Å². The largest absolute Gasteiger partial charge is 0.493 e. The normalized spacial score (nSPS) is 19.5. The van der Waals surface area contributed by atoms with Gasteiger partial charge in [-0.3, -0.25) is 4.98 Å². The summed E-state index contributed by atoms with van der Waals surface area (Å²) in [5, 5.41) is 4.55. The van der Waals surface area contributed by atoms with Crippen molar-refractivity contribution < 1.29 is 4.74 Å². The minimum atomic E-state index is 0.766. The van der Waals surface area contributed by atoms with Crippen LogP contribution in [0.25, 0.3) is 10.9 Å². The smallest absolute Gasteiger partial charge is 0.130 e. The maximum absolute atomic E-state index is 5.95. The highest BCUT2D eigenvalue weighted by Crippen LogP contribution is 2.24. The summed E-state index contributed by atoms with van der Waals surface area (Å²) in [7, 11) is 0. The van der Waals surface area contributed by atoms with Gasteiger partial charge in [0, 0.05) is 11.6 Å². The highest BCUT2D eigenvalue weighted by Gasteiger charge is 2.12. The molecular weight excluding hydrogens is 236 g/mol. The van der Waals surface area contributed by atoms with Gasteiger partial charge in [-0.25, -0.2) is 0 Å². The lowest BCUT2D eigenvalue weighted by Crippen LogP contribution is -2.30. The number of ether oxygens (including phenoxy) is 1. The summed E-state index contributed by atoms with van der Waals surface area (Å²) in [6.45, 7) is 3.10. The summed E-state index contributed by atoms with van der Waals surface area (Å²) in [5.74, 6) is 1.72. The van der Waals surface area contributed by atoms with E-state index in [1.54, 1.807) is 0 Å². The molecule has 3 nitrogen and oxygen atoms in total. The minimum absolute atomic E-state index is 0.766. The SMILES string of the molecule is c1ccc2c(OCCC3CCCNC3)ccnc2c1. The van der Waals surface area contributed by atoms with Crippen LogP contribution >= 0.6 is 0 Å². The maximum atomic E-state index is 5.95. The van der Waals surface area contributed by atoms with Crippen LogP contribution in [0.1, 0.15) is 19.3 Å². The molecule has 0 bridgehead atoms. The van der Waals surface area contributed by atoms with E-state index >= 15 is 0 Å². The molecule has 1 atom stereocenters. The van der Waals surface area contributed by atoms with Crippen LogP contribution in [0.2, 0.25) is 0 Å². The highest BCUT2D eigenvalue weighted by atomic mass is 16.5. The molecule has 1 aromatic carbocycles. The summed E-state index contributed by atoms with van der Waals surface area (Å²) in [6, 6.07) is 10.1. The van der Waals surface area contributed by atoms with Crippen molar-refractivity contribution in [1.29, 1.82) is 0 Å². The summed E-state index contributed by atoms with van der Waals surface area (Å²) >= 11 is 0. The minimum Gasteiger partial charge on any atom is -0.493 e. The number of fused-ring (bicyclic) bond motifs is 1. The van der Waals surface area contributed by atoms with Gasteiger partial charge in [-0.05, 0) is 56.5 Å². The molecule has 100 valence electrons. The van der Waals surface area contributed by atoms with Gasteiger partial charge in [0.15, 0.2) is 0 Å². The van der Waals surface area contributed by atoms with Crippen molar-refractivity contribution in [2.45, 2.75) is 19.3 Å². The second-order valence-electron chi connectivity index (χ2n) is 5.18. The van der Waals surface area contributed by atoms with Gasteiger partial charge in [-0.1, -0.05) is 12.1 Å². The van der Waals surface area contributed by atoms with Crippen LogP contribution in [0.15, 0.2) is 36.5 Å². The summed E-state index contributed by atoms with van der Waals surface area (Å²) in [6.07, 6.45) is 5.57. The Hall–Kier alpha value is -1.61. The first-order valence-corrected chi connectivity index (χ1v) is 7.11. The number of aromatic nitrogens is 1. The number of para-hydroxylation sites is 1. The average Bonchev–Trinajstić information content (AvgIpc) is 2.49. The monoisotopic (exact) mass is 256 g/mol. The third-order valence-electron chi connectivity index (χ3n) is 3.79. The Kier molecular flexibility index (Phi) is 3.94. The lowest BCUT2D eigenvalue weighted by Gasteiger charge is -2.22. The number of pyridine rings is 1. The van der Waals surface area contributed by atoms with Crippen LogP contribution in [-0.2, 0) is 0 Å². The van der Waals surface area contributed by atoms with E-state index in [1.165, 1.54) is 19.4 Å². The zero-order chi connectivity index (χ0) is 12.9. The third kappa shape index (κ3) is 3.04. The zero-order valence-corrected chi connectivity index (χ0v) is 11.1. The van der Waals surface area contributed by atoms with Crippen LogP contribution in [0.5, 0.6) is 5.75 Å². The van der Waals surface area contributed by atoms with Gasteiger partial charge in [0.2, 0.25) is 0 Å². The van der Waals surface area contributed by atoms with E-state index in [4.69, 9.17) is 4.74 Å². The molecule has 0 saturated carbocycles. The van der Waals surface area contributed by atoms with Crippen LogP contribution in [0, 0.1) is 5.92 Å². The molecule has 0 aliphatic carbocycles. The molecule has 19 heavy (non-hydrogen) atoms. The van der Waals surface area contributed by atoms with Gasteiger partial charge in [0.05, 0.1) is 12.1 Å². The molecule has 0 radical (unpaired) electrons. The van der Waals surface area contributed by atoms with Gasteiger partial charge in [0.1, 0.15) is 5.75 Å². The molecule has 1 fully saturated rings. The molecule has 1 aliphatic heterocycles. The first-order chi connectivity index (χ1) is 9.43. The van der Waals surface area contributed by atoms with Crippen LogP contribution in [0.4, 0.5) is 0 Å². The van der Waals surface area contributed by atoms with E-state index in [1.807, 2.05) is 30.5 Å². The van der Waals surface area contributed by atoms with E-state index in [-0.39, 0.29) is 0 Å². The Bertz CT molecular complexity index is 530. The molecule has 1 aliphatic rings. The number of nitrogens with zero attached hydrogens (tertiary/aromatic N) is 1. The van der Waals surface area contributed by atoms with Crippen molar-refractivity contribution in [3.8, 4) is 5.75 Å². The first kappa shape index (κ1) is 12.4. The fourth-order valence-corrected chi connectivity index (χ4v) is 2.70. The van der Waals surface area contributed by atoms with Gasteiger partial charge < -0.3 is 10.1 Å². The van der Waals surface area contributed by atoms with E-state index < -0.39 is 0 Å². The fourth-order valence-electron chi connectivity index (χ4n) is 2.70. The second kappa shape index (κ2) is 6.02. The molecule has 0 amide bonds. The van der Waals surface area contributed by atoms with Crippen molar-refractivity contribution in [1.82, 2.24) is 10.3 Å². The molecule has 1 saturated heterocycles. The van der Waals surface area contributed by atoms with Gasteiger partial charge in [-0.15, -0.1) is 0 Å². The average molecular weight is 256 g/mol. The Balaban J connectivity index is 1.62. The van der Waals surface area contributed by atoms with Crippen LogP contribution < -0.4 is 10.1 Å². The Morgan fingerprint density at radius 2 is 2.21 bits per heavy atom. The number of piperidine rings is 1. The van der Waals surface area contributed by atoms with Crippen molar-refractivity contribution in [2.75, 3.05) is 19.7 Å². The standard InChI is InChI=1S/C16H20N2O/c1-2-6-15-14(5-1)16(7-10-18-15)19-11-8-13-4-3-9-17-12-13/h1-2,5-7,10,13,17H,3-4,8-9,11-12H2. The molecule has 3 heteroatoms. The van der Waals surface area contributed by atoms with Gasteiger partial charge in [0.25, 0.3) is 0 Å².